The van der Waals surface area contributed by atoms with Crippen molar-refractivity contribution in [2.45, 2.75) is 44.2 Å². The number of alkyl halides is 3. The second-order valence-corrected chi connectivity index (χ2v) is 7.61. The van der Waals surface area contributed by atoms with E-state index in [4.69, 9.17) is 0 Å². The first-order chi connectivity index (χ1) is 8.55. The van der Waals surface area contributed by atoms with Crippen LogP contribution in [0.3, 0.4) is 0 Å². The van der Waals surface area contributed by atoms with Gasteiger partial charge in [-0.05, 0) is 6.42 Å². The predicted octanol–water partition coefficient (Wildman–Crippen LogP) is 2.27. The Bertz CT molecular complexity index is 315. The minimum absolute atomic E-state index is 0.00926. The Morgan fingerprint density at radius 2 is 2.00 bits per heavy atom. The molecule has 1 amide bonds. The van der Waals surface area contributed by atoms with Crippen LogP contribution in [0.5, 0.6) is 0 Å². The molecular weight excluding hydrogens is 277 g/mol. The lowest BCUT2D eigenvalue weighted by Gasteiger charge is -2.20. The Labute approximate surface area is 116 Å². The molecule has 19 heavy (non-hydrogen) atoms. The molecule has 7 heteroatoms. The molecule has 0 aromatic rings. The highest BCUT2D eigenvalue weighted by Gasteiger charge is 2.34. The summed E-state index contributed by atoms with van der Waals surface area (Å²) in [7, 11) is 0. The Balaban J connectivity index is 2.26. The van der Waals surface area contributed by atoms with E-state index in [2.05, 4.69) is 5.32 Å². The Hall–Kier alpha value is -0.430. The van der Waals surface area contributed by atoms with Crippen LogP contribution in [0.4, 0.5) is 13.2 Å². The number of hydrogen-bond donors (Lipinski definition) is 1. The van der Waals surface area contributed by atoms with E-state index < -0.39 is 12.7 Å². The minimum Gasteiger partial charge on any atom is -0.351 e. The fourth-order valence-electron chi connectivity index (χ4n) is 1.90. The van der Waals surface area contributed by atoms with Gasteiger partial charge in [0.2, 0.25) is 5.91 Å². The van der Waals surface area contributed by atoms with Gasteiger partial charge in [0.1, 0.15) is 0 Å². The van der Waals surface area contributed by atoms with Gasteiger partial charge in [0.15, 0.2) is 0 Å². The zero-order chi connectivity index (χ0) is 14.7. The topological polar surface area (TPSA) is 32.3 Å². The fourth-order valence-corrected chi connectivity index (χ4v) is 2.55. The predicted molar refractivity (Wildman–Crippen MR) is 71.3 cm³/mol. The zero-order valence-electron chi connectivity index (χ0n) is 11.5. The van der Waals surface area contributed by atoms with Gasteiger partial charge in [-0.1, -0.05) is 20.8 Å². The maximum absolute atomic E-state index is 12.2. The highest BCUT2D eigenvalue weighted by Crippen LogP contribution is 2.23. The van der Waals surface area contributed by atoms with E-state index in [-0.39, 0.29) is 23.2 Å². The number of rotatable bonds is 4. The normalized spacial score (nSPS) is 21.7. The van der Waals surface area contributed by atoms with E-state index in [1.54, 1.807) is 0 Å². The van der Waals surface area contributed by atoms with Crippen molar-refractivity contribution in [3.05, 3.63) is 0 Å². The third-order valence-corrected chi connectivity index (χ3v) is 3.95. The Kier molecular flexibility index (Phi) is 5.55. The second kappa shape index (κ2) is 6.35. The molecule has 1 saturated heterocycles. The van der Waals surface area contributed by atoms with E-state index in [1.165, 1.54) is 16.7 Å². The van der Waals surface area contributed by atoms with Gasteiger partial charge in [-0.15, -0.1) is 11.8 Å². The summed E-state index contributed by atoms with van der Waals surface area (Å²) >= 11 is 1.53. The van der Waals surface area contributed by atoms with E-state index in [1.807, 2.05) is 20.8 Å². The summed E-state index contributed by atoms with van der Waals surface area (Å²) in [6, 6.07) is -0.157. The van der Waals surface area contributed by atoms with Gasteiger partial charge in [0.05, 0.1) is 12.3 Å². The molecule has 1 N–H and O–H groups in total. The molecule has 0 radical (unpaired) electrons. The minimum atomic E-state index is -4.17. The molecular formula is C12H21F3N2OS. The van der Waals surface area contributed by atoms with Crippen molar-refractivity contribution >= 4 is 17.7 Å². The number of thioether (sulfide) groups is 1. The molecule has 1 unspecified atom stereocenters. The van der Waals surface area contributed by atoms with Crippen LogP contribution in [0.2, 0.25) is 0 Å². The van der Waals surface area contributed by atoms with E-state index in [0.29, 0.717) is 18.7 Å². The molecule has 0 aromatic heterocycles. The maximum Gasteiger partial charge on any atom is 0.401 e. The van der Waals surface area contributed by atoms with Crippen LogP contribution in [-0.2, 0) is 4.79 Å². The number of amides is 1. The van der Waals surface area contributed by atoms with Crippen LogP contribution in [0, 0.1) is 0 Å². The van der Waals surface area contributed by atoms with Crippen molar-refractivity contribution in [1.29, 1.82) is 0 Å². The van der Waals surface area contributed by atoms with E-state index >= 15 is 0 Å². The van der Waals surface area contributed by atoms with Crippen LogP contribution >= 0.6 is 11.8 Å². The van der Waals surface area contributed by atoms with Crippen molar-refractivity contribution in [2.24, 2.45) is 0 Å². The molecule has 1 atom stereocenters. The number of hydrogen-bond acceptors (Lipinski definition) is 3. The van der Waals surface area contributed by atoms with Gasteiger partial charge >= 0.3 is 6.18 Å². The molecule has 112 valence electrons. The third kappa shape index (κ3) is 7.67. The van der Waals surface area contributed by atoms with Crippen LogP contribution in [0.1, 0.15) is 27.2 Å². The SMILES string of the molecule is CC(C)(C)SCC(=O)NC1CCN(CC(F)(F)F)C1. The van der Waals surface area contributed by atoms with Gasteiger partial charge < -0.3 is 5.32 Å². The number of nitrogens with zero attached hydrogens (tertiary/aromatic N) is 1. The van der Waals surface area contributed by atoms with Crippen molar-refractivity contribution in [1.82, 2.24) is 10.2 Å². The van der Waals surface area contributed by atoms with Gasteiger partial charge in [-0.3, -0.25) is 9.69 Å². The van der Waals surface area contributed by atoms with Crippen LogP contribution < -0.4 is 5.32 Å². The molecule has 0 aromatic carbocycles. The van der Waals surface area contributed by atoms with Gasteiger partial charge in [0, 0.05) is 23.9 Å². The summed E-state index contributed by atoms with van der Waals surface area (Å²) in [6.45, 7) is 5.83. The highest BCUT2D eigenvalue weighted by atomic mass is 32.2. The molecule has 0 bridgehead atoms. The first kappa shape index (κ1) is 16.6. The average molecular weight is 298 g/mol. The van der Waals surface area contributed by atoms with Crippen LogP contribution in [-0.4, -0.2) is 53.2 Å². The van der Waals surface area contributed by atoms with Crippen LogP contribution in [0.15, 0.2) is 0 Å². The smallest absolute Gasteiger partial charge is 0.351 e. The lowest BCUT2D eigenvalue weighted by atomic mass is 10.2. The number of carbonyl (C=O) groups excluding carboxylic acids is 1. The first-order valence-electron chi connectivity index (χ1n) is 6.27. The molecule has 1 heterocycles. The molecule has 0 aliphatic carbocycles. The van der Waals surface area contributed by atoms with Crippen molar-refractivity contribution < 1.29 is 18.0 Å². The quantitative estimate of drug-likeness (QED) is 0.864. The standard InChI is InChI=1S/C12H21F3N2OS/c1-11(2,3)19-7-10(18)16-9-4-5-17(6-9)8-12(13,14)15/h9H,4-8H2,1-3H3,(H,16,18). The Morgan fingerprint density at radius 1 is 1.37 bits per heavy atom. The number of carbonyl (C=O) groups is 1. The summed E-state index contributed by atoms with van der Waals surface area (Å²) < 4.78 is 36.7. The summed E-state index contributed by atoms with van der Waals surface area (Å²) in [5.74, 6) is 0.248. The average Bonchev–Trinajstić information content (AvgIpc) is 2.58. The summed E-state index contributed by atoms with van der Waals surface area (Å²) in [5, 5.41) is 2.80. The van der Waals surface area contributed by atoms with Crippen molar-refractivity contribution in [3.63, 3.8) is 0 Å². The molecule has 0 spiro atoms. The number of likely N-dealkylation sites (tertiary alicyclic amines) is 1. The van der Waals surface area contributed by atoms with Crippen LogP contribution in [0.25, 0.3) is 0 Å². The van der Waals surface area contributed by atoms with Gasteiger partial charge in [-0.2, -0.15) is 13.2 Å². The monoisotopic (exact) mass is 298 g/mol. The van der Waals surface area contributed by atoms with E-state index in [0.717, 1.165) is 0 Å². The maximum atomic E-state index is 12.2. The third-order valence-electron chi connectivity index (χ3n) is 2.68. The number of halogens is 3. The molecule has 1 rings (SSSR count). The Morgan fingerprint density at radius 3 is 2.53 bits per heavy atom. The number of nitrogens with one attached hydrogen (secondary N) is 1. The van der Waals surface area contributed by atoms with Crippen molar-refractivity contribution in [2.75, 3.05) is 25.4 Å². The molecule has 1 aliphatic rings. The zero-order valence-corrected chi connectivity index (χ0v) is 12.3. The summed E-state index contributed by atoms with van der Waals surface area (Å²) in [4.78, 5) is 13.0. The molecule has 1 aliphatic heterocycles. The largest absolute Gasteiger partial charge is 0.401 e. The molecule has 3 nitrogen and oxygen atoms in total. The second-order valence-electron chi connectivity index (χ2n) is 5.80. The molecule has 0 saturated carbocycles. The van der Waals surface area contributed by atoms with Gasteiger partial charge in [-0.25, -0.2) is 0 Å². The lowest BCUT2D eigenvalue weighted by Crippen LogP contribution is -2.40. The van der Waals surface area contributed by atoms with Gasteiger partial charge in [0.25, 0.3) is 0 Å². The molecule has 1 fully saturated rings. The highest BCUT2D eigenvalue weighted by molar-refractivity contribution is 8.01. The van der Waals surface area contributed by atoms with Crippen molar-refractivity contribution in [3.8, 4) is 0 Å². The van der Waals surface area contributed by atoms with E-state index in [9.17, 15) is 18.0 Å². The summed E-state index contributed by atoms with van der Waals surface area (Å²) in [6.07, 6.45) is -3.58. The lowest BCUT2D eigenvalue weighted by molar-refractivity contribution is -0.143. The first-order valence-corrected chi connectivity index (χ1v) is 7.26. The fraction of sp³-hybridized carbons (Fsp3) is 0.917. The summed E-state index contributed by atoms with van der Waals surface area (Å²) in [5.41, 5.74) is 0.